The van der Waals surface area contributed by atoms with Crippen LogP contribution in [0.15, 0.2) is 39.4 Å². The highest BCUT2D eigenvalue weighted by molar-refractivity contribution is 9.10. The van der Waals surface area contributed by atoms with Gasteiger partial charge < -0.3 is 9.15 Å². The molecule has 22 heavy (non-hydrogen) atoms. The van der Waals surface area contributed by atoms with Gasteiger partial charge in [0.15, 0.2) is 5.69 Å². The van der Waals surface area contributed by atoms with Crippen LogP contribution in [0.25, 0.3) is 11.6 Å². The monoisotopic (exact) mass is 362 g/mol. The van der Waals surface area contributed by atoms with Crippen molar-refractivity contribution in [2.45, 2.75) is 19.9 Å². The Labute approximate surface area is 136 Å². The first kappa shape index (κ1) is 14.8. The molecule has 0 fully saturated rings. The summed E-state index contributed by atoms with van der Waals surface area (Å²) < 4.78 is 13.5. The minimum atomic E-state index is 0.419. The molecular formula is C15H15BrN4O2. The van der Waals surface area contributed by atoms with Gasteiger partial charge in [0, 0.05) is 12.7 Å². The largest absolute Gasteiger partial charge is 0.497 e. The molecular weight excluding hydrogens is 348 g/mol. The molecule has 0 saturated carbocycles. The van der Waals surface area contributed by atoms with Crippen LogP contribution < -0.4 is 4.74 Å². The van der Waals surface area contributed by atoms with Gasteiger partial charge in [-0.15, -0.1) is 10.2 Å². The molecule has 0 N–H and O–H groups in total. The minimum absolute atomic E-state index is 0.419. The predicted molar refractivity (Wildman–Crippen MR) is 84.7 cm³/mol. The van der Waals surface area contributed by atoms with E-state index in [2.05, 4.69) is 31.2 Å². The van der Waals surface area contributed by atoms with Gasteiger partial charge in [-0.2, -0.15) is 5.10 Å². The maximum Gasteiger partial charge on any atom is 0.269 e. The lowest BCUT2D eigenvalue weighted by Gasteiger charge is -2.00. The molecule has 0 amide bonds. The van der Waals surface area contributed by atoms with E-state index in [0.717, 1.165) is 22.3 Å². The van der Waals surface area contributed by atoms with Crippen LogP contribution >= 0.6 is 15.9 Å². The van der Waals surface area contributed by atoms with Crippen LogP contribution in [-0.4, -0.2) is 27.1 Å². The predicted octanol–water partition coefficient (Wildman–Crippen LogP) is 3.31. The van der Waals surface area contributed by atoms with E-state index in [1.165, 1.54) is 0 Å². The number of hydrogen-bond acceptors (Lipinski definition) is 5. The second-order valence-corrected chi connectivity index (χ2v) is 5.56. The third-order valence-corrected chi connectivity index (χ3v) is 3.81. The lowest BCUT2D eigenvalue weighted by atomic mass is 10.1. The molecule has 0 bridgehead atoms. The van der Waals surface area contributed by atoms with Crippen molar-refractivity contribution in [3.8, 4) is 17.3 Å². The van der Waals surface area contributed by atoms with Gasteiger partial charge in [-0.3, -0.25) is 4.68 Å². The van der Waals surface area contributed by atoms with E-state index in [4.69, 9.17) is 9.15 Å². The van der Waals surface area contributed by atoms with Gasteiger partial charge in [-0.05, 0) is 40.5 Å². The van der Waals surface area contributed by atoms with E-state index in [1.807, 2.05) is 42.1 Å². The minimum Gasteiger partial charge on any atom is -0.497 e. The average molecular weight is 363 g/mol. The Bertz CT molecular complexity index is 764. The van der Waals surface area contributed by atoms with Crippen LogP contribution in [-0.2, 0) is 13.0 Å². The van der Waals surface area contributed by atoms with E-state index < -0.39 is 0 Å². The summed E-state index contributed by atoms with van der Waals surface area (Å²) in [7, 11) is 1.65. The summed E-state index contributed by atoms with van der Waals surface area (Å²) >= 11 is 3.46. The topological polar surface area (TPSA) is 66.0 Å². The number of methoxy groups -OCH3 is 1. The van der Waals surface area contributed by atoms with E-state index in [0.29, 0.717) is 23.9 Å². The molecule has 0 aliphatic carbocycles. The van der Waals surface area contributed by atoms with Gasteiger partial charge in [0.2, 0.25) is 5.89 Å². The Morgan fingerprint density at radius 1 is 1.23 bits per heavy atom. The maximum atomic E-state index is 5.71. The molecule has 7 heteroatoms. The summed E-state index contributed by atoms with van der Waals surface area (Å²) in [5.74, 6) is 1.80. The molecule has 0 spiro atoms. The molecule has 3 aromatic rings. The number of rotatable bonds is 5. The number of halogens is 1. The standard InChI is InChI=1S/C15H15BrN4O2/c1-3-20-9-12(16)14(19-20)15-18-17-13(22-15)8-10-4-6-11(21-2)7-5-10/h4-7,9H,3,8H2,1-2H3. The van der Waals surface area contributed by atoms with Crippen molar-refractivity contribution in [2.24, 2.45) is 0 Å². The first-order valence-corrected chi connectivity index (χ1v) is 7.67. The number of aryl methyl sites for hydroxylation is 1. The Morgan fingerprint density at radius 2 is 2.00 bits per heavy atom. The summed E-state index contributed by atoms with van der Waals surface area (Å²) in [4.78, 5) is 0. The number of benzene rings is 1. The molecule has 2 heterocycles. The zero-order valence-electron chi connectivity index (χ0n) is 12.3. The van der Waals surface area contributed by atoms with Gasteiger partial charge in [0.1, 0.15) is 5.75 Å². The van der Waals surface area contributed by atoms with Gasteiger partial charge >= 0.3 is 0 Å². The fourth-order valence-electron chi connectivity index (χ4n) is 2.04. The molecule has 0 saturated heterocycles. The molecule has 0 unspecified atom stereocenters. The average Bonchev–Trinajstić information content (AvgIpc) is 3.14. The number of nitrogens with zero attached hydrogens (tertiary/aromatic N) is 4. The first-order chi connectivity index (χ1) is 10.7. The first-order valence-electron chi connectivity index (χ1n) is 6.88. The summed E-state index contributed by atoms with van der Waals surface area (Å²) in [5, 5.41) is 12.6. The highest BCUT2D eigenvalue weighted by Crippen LogP contribution is 2.26. The lowest BCUT2D eigenvalue weighted by molar-refractivity contribution is 0.414. The van der Waals surface area contributed by atoms with E-state index >= 15 is 0 Å². The van der Waals surface area contributed by atoms with Crippen molar-refractivity contribution in [3.63, 3.8) is 0 Å². The molecule has 0 aliphatic heterocycles. The van der Waals surface area contributed by atoms with E-state index in [-0.39, 0.29) is 0 Å². The number of aromatic nitrogens is 4. The summed E-state index contributed by atoms with van der Waals surface area (Å²) in [6.07, 6.45) is 2.46. The van der Waals surface area contributed by atoms with Crippen LogP contribution in [0.4, 0.5) is 0 Å². The van der Waals surface area contributed by atoms with Crippen LogP contribution in [0.3, 0.4) is 0 Å². The van der Waals surface area contributed by atoms with E-state index in [9.17, 15) is 0 Å². The van der Waals surface area contributed by atoms with Gasteiger partial charge in [-0.25, -0.2) is 0 Å². The van der Waals surface area contributed by atoms with Crippen LogP contribution in [0.2, 0.25) is 0 Å². The quantitative estimate of drug-likeness (QED) is 0.696. The van der Waals surface area contributed by atoms with Crippen LogP contribution in [0.1, 0.15) is 18.4 Å². The number of ether oxygens (including phenoxy) is 1. The Kier molecular flexibility index (Phi) is 4.24. The zero-order valence-corrected chi connectivity index (χ0v) is 13.9. The smallest absolute Gasteiger partial charge is 0.269 e. The Morgan fingerprint density at radius 3 is 2.64 bits per heavy atom. The fourth-order valence-corrected chi connectivity index (χ4v) is 2.53. The molecule has 0 radical (unpaired) electrons. The van der Waals surface area contributed by atoms with Gasteiger partial charge in [0.25, 0.3) is 5.89 Å². The molecule has 3 rings (SSSR count). The normalized spacial score (nSPS) is 10.9. The zero-order chi connectivity index (χ0) is 15.5. The highest BCUT2D eigenvalue weighted by Gasteiger charge is 2.16. The third-order valence-electron chi connectivity index (χ3n) is 3.22. The lowest BCUT2D eigenvalue weighted by Crippen LogP contribution is -1.93. The van der Waals surface area contributed by atoms with Crippen molar-refractivity contribution in [3.05, 3.63) is 46.4 Å². The van der Waals surface area contributed by atoms with Crippen molar-refractivity contribution in [1.29, 1.82) is 0 Å². The van der Waals surface area contributed by atoms with Crippen molar-refractivity contribution >= 4 is 15.9 Å². The number of hydrogen-bond donors (Lipinski definition) is 0. The third kappa shape index (κ3) is 3.04. The molecule has 1 aromatic carbocycles. The van der Waals surface area contributed by atoms with Gasteiger partial charge in [-0.1, -0.05) is 12.1 Å². The van der Waals surface area contributed by atoms with Crippen LogP contribution in [0.5, 0.6) is 5.75 Å². The van der Waals surface area contributed by atoms with Crippen molar-refractivity contribution in [2.75, 3.05) is 7.11 Å². The Hall–Kier alpha value is -2.15. The second kappa shape index (κ2) is 6.31. The van der Waals surface area contributed by atoms with Gasteiger partial charge in [0.05, 0.1) is 18.0 Å². The second-order valence-electron chi connectivity index (χ2n) is 4.71. The summed E-state index contributed by atoms with van der Waals surface area (Å²) in [5.41, 5.74) is 1.74. The highest BCUT2D eigenvalue weighted by atomic mass is 79.9. The molecule has 0 atom stereocenters. The fraction of sp³-hybridized carbons (Fsp3) is 0.267. The molecule has 6 nitrogen and oxygen atoms in total. The van der Waals surface area contributed by atoms with Crippen molar-refractivity contribution < 1.29 is 9.15 Å². The van der Waals surface area contributed by atoms with Crippen molar-refractivity contribution in [1.82, 2.24) is 20.0 Å². The Balaban J connectivity index is 1.79. The summed E-state index contributed by atoms with van der Waals surface area (Å²) in [6, 6.07) is 7.77. The molecule has 2 aromatic heterocycles. The SMILES string of the molecule is CCn1cc(Br)c(-c2nnc(Cc3ccc(OC)cc3)o2)n1. The molecule has 114 valence electrons. The van der Waals surface area contributed by atoms with Crippen LogP contribution in [0, 0.1) is 0 Å². The molecule has 0 aliphatic rings. The maximum absolute atomic E-state index is 5.71. The van der Waals surface area contributed by atoms with E-state index in [1.54, 1.807) is 7.11 Å². The summed E-state index contributed by atoms with van der Waals surface area (Å²) in [6.45, 7) is 2.80.